The van der Waals surface area contributed by atoms with Gasteiger partial charge in [-0.2, -0.15) is 16.9 Å². The van der Waals surface area contributed by atoms with Crippen molar-refractivity contribution in [2.75, 3.05) is 31.7 Å². The third kappa shape index (κ3) is 4.43. The highest BCUT2D eigenvalue weighted by atomic mass is 79.9. The average Bonchev–Trinajstić information content (AvgIpc) is 3.53. The van der Waals surface area contributed by atoms with Crippen molar-refractivity contribution >= 4 is 65.5 Å². The molecule has 4 radical (unpaired) electrons. The van der Waals surface area contributed by atoms with E-state index in [1.54, 1.807) is 16.4 Å². The second-order valence-electron chi connectivity index (χ2n) is 8.65. The fourth-order valence-corrected chi connectivity index (χ4v) is 5.37. The summed E-state index contributed by atoms with van der Waals surface area (Å²) in [7, 11) is 12.9. The Hall–Kier alpha value is -1.22. The normalized spacial score (nSPS) is 18.1. The Morgan fingerprint density at radius 3 is 2.69 bits per heavy atom. The molecule has 0 atom stereocenters. The van der Waals surface area contributed by atoms with Gasteiger partial charge in [-0.15, -0.1) is 0 Å². The smallest absolute Gasteiger partial charge is 0.145 e. The molecular formula is C22H26B2BrN5OS. The van der Waals surface area contributed by atoms with E-state index in [1.165, 1.54) is 12.8 Å². The van der Waals surface area contributed by atoms with Gasteiger partial charge in [-0.3, -0.25) is 4.68 Å². The molecule has 6 nitrogen and oxygen atoms in total. The second-order valence-corrected chi connectivity index (χ2v) is 10.4. The maximum atomic E-state index is 6.52. The average molecular weight is 510 g/mol. The quantitative estimate of drug-likeness (QED) is 0.265. The van der Waals surface area contributed by atoms with Gasteiger partial charge in [-0.25, -0.2) is 4.98 Å². The number of ether oxygens (including phenoxy) is 1. The molecule has 1 aliphatic carbocycles. The molecule has 0 bridgehead atoms. The van der Waals surface area contributed by atoms with E-state index in [0.29, 0.717) is 30.6 Å². The molecule has 3 aromatic heterocycles. The molecular weight excluding hydrogens is 484 g/mol. The number of pyridine rings is 1. The number of rotatable bonds is 8. The topological polar surface area (TPSA) is 48.1 Å². The molecule has 2 fully saturated rings. The standard InChI is InChI=1S/C22H26B2BrN5OS/c1-32-9-8-31-13-30-22(24)20(21(23)27-30)17-12-29(18-11-26-19(25)10-16(17)18)15-4-6-28(7-5-15)14-2-3-14/h10-12,14-15H,2-9,13H2,1H3. The Morgan fingerprint density at radius 2 is 1.97 bits per heavy atom. The molecule has 0 spiro atoms. The molecule has 0 aromatic carbocycles. The molecule has 1 aliphatic heterocycles. The fourth-order valence-electron chi connectivity index (χ4n) is 4.75. The van der Waals surface area contributed by atoms with Crippen LogP contribution in [0.5, 0.6) is 0 Å². The van der Waals surface area contributed by atoms with Gasteiger partial charge in [-0.05, 0) is 59.5 Å². The summed E-state index contributed by atoms with van der Waals surface area (Å²) in [5, 5.41) is 5.55. The summed E-state index contributed by atoms with van der Waals surface area (Å²) in [5.41, 5.74) is 3.83. The van der Waals surface area contributed by atoms with Crippen LogP contribution >= 0.6 is 27.7 Å². The molecule has 4 heterocycles. The highest BCUT2D eigenvalue weighted by molar-refractivity contribution is 9.10. The number of hydrogen-bond donors (Lipinski definition) is 0. The lowest BCUT2D eigenvalue weighted by Crippen LogP contribution is -2.36. The molecule has 2 aliphatic rings. The lowest BCUT2D eigenvalue weighted by atomic mass is 9.87. The first kappa shape index (κ1) is 22.6. The third-order valence-electron chi connectivity index (χ3n) is 6.58. The largest absolute Gasteiger partial charge is 0.358 e. The van der Waals surface area contributed by atoms with Gasteiger partial charge in [-0.1, -0.05) is 0 Å². The maximum absolute atomic E-state index is 6.52. The van der Waals surface area contributed by atoms with Crippen molar-refractivity contribution in [3.63, 3.8) is 0 Å². The van der Waals surface area contributed by atoms with Crippen LogP contribution in [0.3, 0.4) is 0 Å². The number of nitrogens with zero attached hydrogens (tertiary/aromatic N) is 5. The van der Waals surface area contributed by atoms with E-state index in [2.05, 4.69) is 47.9 Å². The van der Waals surface area contributed by atoms with Crippen LogP contribution in [0.1, 0.15) is 31.7 Å². The first-order chi connectivity index (χ1) is 15.6. The van der Waals surface area contributed by atoms with Gasteiger partial charge in [0, 0.05) is 59.2 Å². The molecule has 1 saturated carbocycles. The number of piperidine rings is 1. The van der Waals surface area contributed by atoms with Crippen molar-refractivity contribution in [2.45, 2.75) is 44.5 Å². The van der Waals surface area contributed by atoms with Gasteiger partial charge in [0.05, 0.1) is 18.3 Å². The third-order valence-corrected chi connectivity index (χ3v) is 7.58. The van der Waals surface area contributed by atoms with Gasteiger partial charge in [0.15, 0.2) is 0 Å². The summed E-state index contributed by atoms with van der Waals surface area (Å²) in [4.78, 5) is 7.16. The van der Waals surface area contributed by atoms with Crippen molar-refractivity contribution in [3.05, 3.63) is 23.1 Å². The van der Waals surface area contributed by atoms with Crippen molar-refractivity contribution in [1.82, 2.24) is 24.2 Å². The van der Waals surface area contributed by atoms with E-state index in [0.717, 1.165) is 64.4 Å². The fraction of sp³-hybridized carbons (Fsp3) is 0.545. The van der Waals surface area contributed by atoms with Gasteiger partial charge in [0.25, 0.3) is 0 Å². The monoisotopic (exact) mass is 509 g/mol. The first-order valence-electron chi connectivity index (χ1n) is 11.2. The van der Waals surface area contributed by atoms with Crippen LogP contribution in [0.4, 0.5) is 0 Å². The van der Waals surface area contributed by atoms with E-state index in [-0.39, 0.29) is 0 Å². The van der Waals surface area contributed by atoms with Gasteiger partial charge in [0.1, 0.15) is 27.0 Å². The Labute approximate surface area is 204 Å². The van der Waals surface area contributed by atoms with E-state index in [4.69, 9.17) is 20.4 Å². The van der Waals surface area contributed by atoms with Crippen molar-refractivity contribution in [1.29, 1.82) is 0 Å². The number of thioether (sulfide) groups is 1. The highest BCUT2D eigenvalue weighted by Crippen LogP contribution is 2.37. The summed E-state index contributed by atoms with van der Waals surface area (Å²) >= 11 is 5.28. The van der Waals surface area contributed by atoms with Crippen LogP contribution < -0.4 is 11.2 Å². The van der Waals surface area contributed by atoms with Crippen molar-refractivity contribution < 1.29 is 4.74 Å². The molecule has 5 rings (SSSR count). The van der Waals surface area contributed by atoms with Crippen LogP contribution in [-0.2, 0) is 11.5 Å². The summed E-state index contributed by atoms with van der Waals surface area (Å²) in [6.45, 7) is 3.25. The predicted molar refractivity (Wildman–Crippen MR) is 137 cm³/mol. The Kier molecular flexibility index (Phi) is 6.75. The minimum atomic E-state index is 0.292. The zero-order valence-corrected chi connectivity index (χ0v) is 20.7. The lowest BCUT2D eigenvalue weighted by Gasteiger charge is -2.33. The SMILES string of the molecule is [B]c1nn(COCCSC)c([B])c1-c1cn(C2CCN(C3CC3)CC2)c2cnc(Br)cc12. The Balaban J connectivity index is 1.48. The summed E-state index contributed by atoms with van der Waals surface area (Å²) in [6, 6.07) is 3.32. The minimum Gasteiger partial charge on any atom is -0.358 e. The van der Waals surface area contributed by atoms with Gasteiger partial charge < -0.3 is 14.2 Å². The predicted octanol–water partition coefficient (Wildman–Crippen LogP) is 2.39. The molecule has 10 heteroatoms. The molecule has 0 unspecified atom stereocenters. The molecule has 0 N–H and O–H groups in total. The van der Waals surface area contributed by atoms with E-state index in [9.17, 15) is 0 Å². The lowest BCUT2D eigenvalue weighted by molar-refractivity contribution is 0.0837. The highest BCUT2D eigenvalue weighted by Gasteiger charge is 2.33. The molecule has 1 saturated heterocycles. The van der Waals surface area contributed by atoms with Crippen LogP contribution in [0.2, 0.25) is 0 Å². The van der Waals surface area contributed by atoms with Gasteiger partial charge >= 0.3 is 0 Å². The molecule has 0 amide bonds. The number of halogens is 1. The summed E-state index contributed by atoms with van der Waals surface area (Å²) < 4.78 is 10.5. The van der Waals surface area contributed by atoms with Crippen LogP contribution in [0, 0.1) is 0 Å². The number of aromatic nitrogens is 4. The summed E-state index contributed by atoms with van der Waals surface area (Å²) in [6.07, 6.45) is 11.2. The zero-order valence-electron chi connectivity index (χ0n) is 18.3. The minimum absolute atomic E-state index is 0.292. The molecule has 3 aromatic rings. The van der Waals surface area contributed by atoms with Gasteiger partial charge in [0.2, 0.25) is 0 Å². The Bertz CT molecular complexity index is 1110. The van der Waals surface area contributed by atoms with Crippen LogP contribution in [0.25, 0.3) is 22.0 Å². The number of hydrogen-bond acceptors (Lipinski definition) is 5. The number of likely N-dealkylation sites (tertiary alicyclic amines) is 1. The second kappa shape index (κ2) is 9.57. The van der Waals surface area contributed by atoms with Crippen LogP contribution in [0.15, 0.2) is 23.1 Å². The van der Waals surface area contributed by atoms with E-state index in [1.807, 2.05) is 12.3 Å². The van der Waals surface area contributed by atoms with E-state index < -0.39 is 0 Å². The van der Waals surface area contributed by atoms with Crippen molar-refractivity contribution in [3.8, 4) is 11.1 Å². The maximum Gasteiger partial charge on any atom is 0.145 e. The zero-order chi connectivity index (χ0) is 22.2. The Morgan fingerprint density at radius 1 is 1.19 bits per heavy atom. The van der Waals surface area contributed by atoms with Crippen LogP contribution in [-0.4, -0.2) is 77.7 Å². The molecule has 164 valence electrons. The van der Waals surface area contributed by atoms with E-state index >= 15 is 0 Å². The summed E-state index contributed by atoms with van der Waals surface area (Å²) in [5.74, 6) is 0.928. The molecule has 32 heavy (non-hydrogen) atoms. The number of fused-ring (bicyclic) bond motifs is 1. The first-order valence-corrected chi connectivity index (χ1v) is 13.3. The van der Waals surface area contributed by atoms with Crippen molar-refractivity contribution in [2.24, 2.45) is 0 Å².